The SMILES string of the molecule is Cc1ccc(C)c(S(=O)(=O)N2CCC(c3nc4c(nnn4Cc4ccc5ccccc5c4)c(=O)[nH]3)CC2)c1. The molecule has 0 atom stereocenters. The van der Waals surface area contributed by atoms with Gasteiger partial charge in [-0.25, -0.2) is 18.1 Å². The zero-order valence-electron chi connectivity index (χ0n) is 21.3. The summed E-state index contributed by atoms with van der Waals surface area (Å²) in [4.78, 5) is 20.8. The minimum absolute atomic E-state index is 0.0684. The molecule has 0 amide bonds. The van der Waals surface area contributed by atoms with E-state index in [-0.39, 0.29) is 17.0 Å². The quantitative estimate of drug-likeness (QED) is 0.370. The molecule has 1 aliphatic heterocycles. The molecule has 1 fully saturated rings. The van der Waals surface area contributed by atoms with Crippen molar-refractivity contribution in [1.82, 2.24) is 29.3 Å². The molecular weight excluding hydrogens is 500 g/mol. The first-order valence-electron chi connectivity index (χ1n) is 12.7. The Balaban J connectivity index is 1.24. The standard InChI is InChI=1S/C28H28N6O3S/c1-18-7-8-19(2)24(15-18)38(36,37)33-13-11-22(12-14-33)26-29-27-25(28(35)30-26)31-32-34(27)17-20-9-10-21-5-3-4-6-23(21)16-20/h3-10,15-16,22H,11-14,17H2,1-2H3,(H,29,30,35). The fourth-order valence-corrected chi connectivity index (χ4v) is 6.97. The molecule has 0 saturated carbocycles. The molecule has 3 aromatic carbocycles. The number of aromatic nitrogens is 5. The lowest BCUT2D eigenvalue weighted by atomic mass is 9.97. The number of nitrogens with zero attached hydrogens (tertiary/aromatic N) is 5. The monoisotopic (exact) mass is 528 g/mol. The van der Waals surface area contributed by atoms with Gasteiger partial charge in [-0.1, -0.05) is 53.7 Å². The minimum atomic E-state index is -3.59. The fourth-order valence-electron chi connectivity index (χ4n) is 5.19. The molecule has 6 rings (SSSR count). The summed E-state index contributed by atoms with van der Waals surface area (Å²) in [6, 6.07) is 19.8. The van der Waals surface area contributed by atoms with Gasteiger partial charge in [-0.15, -0.1) is 5.10 Å². The molecule has 10 heteroatoms. The third-order valence-corrected chi connectivity index (χ3v) is 9.38. The molecule has 194 valence electrons. The molecule has 0 unspecified atom stereocenters. The zero-order chi connectivity index (χ0) is 26.4. The largest absolute Gasteiger partial charge is 0.308 e. The van der Waals surface area contributed by atoms with Gasteiger partial charge in [-0.3, -0.25) is 4.79 Å². The van der Waals surface area contributed by atoms with Crippen molar-refractivity contribution in [2.75, 3.05) is 13.1 Å². The Bertz CT molecular complexity index is 1840. The summed E-state index contributed by atoms with van der Waals surface area (Å²) in [5.74, 6) is 0.481. The number of sulfonamides is 1. The van der Waals surface area contributed by atoms with Crippen molar-refractivity contribution in [3.8, 4) is 0 Å². The second-order valence-corrected chi connectivity index (χ2v) is 11.9. The number of nitrogens with one attached hydrogen (secondary N) is 1. The molecule has 38 heavy (non-hydrogen) atoms. The normalized spacial score (nSPS) is 15.4. The number of fused-ring (bicyclic) bond motifs is 2. The lowest BCUT2D eigenvalue weighted by Gasteiger charge is -2.31. The number of hydrogen-bond acceptors (Lipinski definition) is 6. The van der Waals surface area contributed by atoms with E-state index in [1.807, 2.05) is 44.2 Å². The van der Waals surface area contributed by atoms with E-state index in [1.165, 1.54) is 4.31 Å². The third kappa shape index (κ3) is 4.39. The first-order chi connectivity index (χ1) is 18.3. The number of H-pyrrole nitrogens is 1. The van der Waals surface area contributed by atoms with Crippen LogP contribution in [0.5, 0.6) is 0 Å². The van der Waals surface area contributed by atoms with E-state index < -0.39 is 10.0 Å². The van der Waals surface area contributed by atoms with Crippen LogP contribution in [0.3, 0.4) is 0 Å². The summed E-state index contributed by atoms with van der Waals surface area (Å²) in [5, 5.41) is 10.6. The molecule has 1 aliphatic rings. The van der Waals surface area contributed by atoms with Gasteiger partial charge in [-0.05, 0) is 66.3 Å². The van der Waals surface area contributed by atoms with Crippen molar-refractivity contribution >= 4 is 32.0 Å². The number of rotatable bonds is 5. The predicted molar refractivity (Wildman–Crippen MR) is 146 cm³/mol. The third-order valence-electron chi connectivity index (χ3n) is 7.34. The molecule has 1 saturated heterocycles. The molecule has 5 aromatic rings. The van der Waals surface area contributed by atoms with Crippen molar-refractivity contribution in [2.24, 2.45) is 0 Å². The Hall–Kier alpha value is -3.89. The zero-order valence-corrected chi connectivity index (χ0v) is 22.1. The van der Waals surface area contributed by atoms with Crippen molar-refractivity contribution in [2.45, 2.75) is 44.0 Å². The van der Waals surface area contributed by atoms with Crippen LogP contribution in [0.4, 0.5) is 0 Å². The summed E-state index contributed by atoms with van der Waals surface area (Å²) in [6.45, 7) is 4.86. The second kappa shape index (κ2) is 9.45. The minimum Gasteiger partial charge on any atom is -0.308 e. The fraction of sp³-hybridized carbons (Fsp3) is 0.286. The van der Waals surface area contributed by atoms with Gasteiger partial charge >= 0.3 is 0 Å². The number of hydrogen-bond donors (Lipinski definition) is 1. The van der Waals surface area contributed by atoms with Crippen molar-refractivity contribution in [3.05, 3.63) is 93.5 Å². The summed E-state index contributed by atoms with van der Waals surface area (Å²) >= 11 is 0. The highest BCUT2D eigenvalue weighted by atomic mass is 32.2. The van der Waals surface area contributed by atoms with E-state index in [4.69, 9.17) is 4.98 Å². The van der Waals surface area contributed by atoms with Crippen LogP contribution in [0.15, 0.2) is 70.4 Å². The lowest BCUT2D eigenvalue weighted by Crippen LogP contribution is -2.38. The molecule has 1 N–H and O–H groups in total. The van der Waals surface area contributed by atoms with Crippen LogP contribution in [0.25, 0.3) is 21.9 Å². The summed E-state index contributed by atoms with van der Waals surface area (Å²) in [6.07, 6.45) is 1.12. The van der Waals surface area contributed by atoms with Crippen molar-refractivity contribution < 1.29 is 8.42 Å². The number of aryl methyl sites for hydroxylation is 2. The Kier molecular flexibility index (Phi) is 6.08. The maximum atomic E-state index is 13.3. The Morgan fingerprint density at radius 3 is 2.53 bits per heavy atom. The lowest BCUT2D eigenvalue weighted by molar-refractivity contribution is 0.313. The summed E-state index contributed by atoms with van der Waals surface area (Å²) < 4.78 is 29.8. The second-order valence-electron chi connectivity index (χ2n) is 10.00. The first-order valence-corrected chi connectivity index (χ1v) is 14.1. The van der Waals surface area contributed by atoms with Gasteiger partial charge in [0.25, 0.3) is 5.56 Å². The van der Waals surface area contributed by atoms with Crippen molar-refractivity contribution in [3.63, 3.8) is 0 Å². The summed E-state index contributed by atoms with van der Waals surface area (Å²) in [7, 11) is -3.59. The molecule has 0 aliphatic carbocycles. The Labute approximate surface area is 220 Å². The average Bonchev–Trinajstić information content (AvgIpc) is 3.33. The van der Waals surface area contributed by atoms with Crippen LogP contribution in [-0.2, 0) is 16.6 Å². The van der Waals surface area contributed by atoms with Gasteiger partial charge in [0.2, 0.25) is 10.0 Å². The Morgan fingerprint density at radius 2 is 1.74 bits per heavy atom. The van der Waals surface area contributed by atoms with E-state index in [9.17, 15) is 13.2 Å². The van der Waals surface area contributed by atoms with Gasteiger partial charge in [0.15, 0.2) is 11.2 Å². The highest BCUT2D eigenvalue weighted by Crippen LogP contribution is 2.30. The molecule has 0 bridgehead atoms. The topological polar surface area (TPSA) is 114 Å². The van der Waals surface area contributed by atoms with Gasteiger partial charge in [0.05, 0.1) is 11.4 Å². The van der Waals surface area contributed by atoms with Crippen LogP contribution in [0.2, 0.25) is 0 Å². The first kappa shape index (κ1) is 24.4. The van der Waals surface area contributed by atoms with E-state index in [0.29, 0.717) is 48.8 Å². The van der Waals surface area contributed by atoms with Gasteiger partial charge in [-0.2, -0.15) is 4.31 Å². The van der Waals surface area contributed by atoms with E-state index in [2.05, 4.69) is 39.6 Å². The Morgan fingerprint density at radius 1 is 0.974 bits per heavy atom. The molecule has 2 aromatic heterocycles. The maximum Gasteiger partial charge on any atom is 0.281 e. The van der Waals surface area contributed by atoms with E-state index in [1.54, 1.807) is 10.7 Å². The van der Waals surface area contributed by atoms with Gasteiger partial charge < -0.3 is 4.98 Å². The maximum absolute atomic E-state index is 13.3. The molecule has 0 radical (unpaired) electrons. The van der Waals surface area contributed by atoms with Crippen LogP contribution in [0, 0.1) is 13.8 Å². The highest BCUT2D eigenvalue weighted by molar-refractivity contribution is 7.89. The smallest absolute Gasteiger partial charge is 0.281 e. The number of aromatic amines is 1. The van der Waals surface area contributed by atoms with Gasteiger partial charge in [0, 0.05) is 19.0 Å². The van der Waals surface area contributed by atoms with Crippen LogP contribution < -0.4 is 5.56 Å². The van der Waals surface area contributed by atoms with Crippen LogP contribution in [0.1, 0.15) is 41.3 Å². The average molecular weight is 529 g/mol. The van der Waals surface area contributed by atoms with E-state index >= 15 is 0 Å². The molecule has 0 spiro atoms. The predicted octanol–water partition coefficient (Wildman–Crippen LogP) is 3.90. The highest BCUT2D eigenvalue weighted by Gasteiger charge is 2.32. The molecule has 3 heterocycles. The number of benzene rings is 3. The van der Waals surface area contributed by atoms with E-state index in [0.717, 1.165) is 27.5 Å². The van der Waals surface area contributed by atoms with Crippen LogP contribution in [-0.4, -0.2) is 50.8 Å². The van der Waals surface area contributed by atoms with Gasteiger partial charge in [0.1, 0.15) is 5.82 Å². The summed E-state index contributed by atoms with van der Waals surface area (Å²) in [5.41, 5.74) is 2.98. The van der Waals surface area contributed by atoms with Crippen molar-refractivity contribution in [1.29, 1.82) is 0 Å². The number of piperidine rings is 1. The molecule has 9 nitrogen and oxygen atoms in total. The molecular formula is C28H28N6O3S. The van der Waals surface area contributed by atoms with Crippen LogP contribution >= 0.6 is 0 Å².